The fourth-order valence-corrected chi connectivity index (χ4v) is 4.64. The quantitative estimate of drug-likeness (QED) is 0.868. The second kappa shape index (κ2) is 5.47. The normalized spacial score (nSPS) is 28.8. The number of phenols is 1. The summed E-state index contributed by atoms with van der Waals surface area (Å²) in [7, 11) is 0. The lowest BCUT2D eigenvalue weighted by molar-refractivity contribution is -0.125. The van der Waals surface area contributed by atoms with Gasteiger partial charge in [0.15, 0.2) is 0 Å². The number of ketones is 1. The Morgan fingerprint density at radius 3 is 2.57 bits per heavy atom. The van der Waals surface area contributed by atoms with Crippen LogP contribution in [0, 0.1) is 18.8 Å². The van der Waals surface area contributed by atoms with E-state index < -0.39 is 0 Å². The van der Waals surface area contributed by atoms with Crippen LogP contribution in [-0.2, 0) is 10.2 Å². The summed E-state index contributed by atoms with van der Waals surface area (Å²) in [6, 6.07) is 6.15. The van der Waals surface area contributed by atoms with E-state index in [0.29, 0.717) is 17.5 Å². The van der Waals surface area contributed by atoms with Crippen molar-refractivity contribution in [3.8, 4) is 5.75 Å². The van der Waals surface area contributed by atoms with E-state index in [1.165, 1.54) is 31.2 Å². The van der Waals surface area contributed by atoms with Gasteiger partial charge in [0, 0.05) is 12.3 Å². The molecule has 21 heavy (non-hydrogen) atoms. The molecule has 2 saturated carbocycles. The first kappa shape index (κ1) is 14.6. The van der Waals surface area contributed by atoms with E-state index in [1.807, 2.05) is 13.0 Å². The number of aryl methyl sites for hydroxylation is 1. The molecular weight excluding hydrogens is 260 g/mol. The Bertz CT molecular complexity index is 540. The van der Waals surface area contributed by atoms with Crippen molar-refractivity contribution in [1.29, 1.82) is 0 Å². The number of carbonyl (C=O) groups is 1. The lowest BCUT2D eigenvalue weighted by Crippen LogP contribution is -2.38. The second-order valence-electron chi connectivity index (χ2n) is 7.20. The van der Waals surface area contributed by atoms with E-state index in [9.17, 15) is 9.90 Å². The van der Waals surface area contributed by atoms with Crippen molar-refractivity contribution in [2.24, 2.45) is 11.8 Å². The molecule has 2 nitrogen and oxygen atoms in total. The first-order chi connectivity index (χ1) is 10.0. The molecule has 1 N–H and O–H groups in total. The third-order valence-electron chi connectivity index (χ3n) is 5.98. The van der Waals surface area contributed by atoms with Gasteiger partial charge in [-0.15, -0.1) is 0 Å². The number of aromatic hydroxyl groups is 1. The molecule has 2 atom stereocenters. The number of Topliss-reactive ketones (excluding diaryl/α,β-unsaturated/α-hetero) is 1. The van der Waals surface area contributed by atoms with Crippen LogP contribution in [0.15, 0.2) is 18.2 Å². The highest BCUT2D eigenvalue weighted by Gasteiger charge is 2.45. The minimum Gasteiger partial charge on any atom is -0.508 e. The van der Waals surface area contributed by atoms with Gasteiger partial charge in [0.2, 0.25) is 0 Å². The summed E-state index contributed by atoms with van der Waals surface area (Å²) >= 11 is 0. The van der Waals surface area contributed by atoms with Crippen LogP contribution in [0.5, 0.6) is 5.75 Å². The molecule has 2 aliphatic rings. The third-order valence-corrected chi connectivity index (χ3v) is 5.98. The molecule has 2 fully saturated rings. The van der Waals surface area contributed by atoms with E-state index in [2.05, 4.69) is 19.1 Å². The smallest absolute Gasteiger partial charge is 0.135 e. The number of hydrogen-bond acceptors (Lipinski definition) is 2. The summed E-state index contributed by atoms with van der Waals surface area (Å²) in [6.07, 6.45) is 7.90. The first-order valence-corrected chi connectivity index (χ1v) is 8.36. The molecule has 0 heterocycles. The van der Waals surface area contributed by atoms with Crippen molar-refractivity contribution in [3.63, 3.8) is 0 Å². The van der Waals surface area contributed by atoms with E-state index in [1.54, 1.807) is 0 Å². The molecule has 1 aromatic carbocycles. The van der Waals surface area contributed by atoms with Gasteiger partial charge in [-0.25, -0.2) is 0 Å². The summed E-state index contributed by atoms with van der Waals surface area (Å²) < 4.78 is 0. The van der Waals surface area contributed by atoms with Gasteiger partial charge >= 0.3 is 0 Å². The zero-order chi connectivity index (χ0) is 15.0. The topological polar surface area (TPSA) is 37.3 Å². The van der Waals surface area contributed by atoms with Crippen molar-refractivity contribution in [1.82, 2.24) is 0 Å². The van der Waals surface area contributed by atoms with E-state index in [-0.39, 0.29) is 11.3 Å². The van der Waals surface area contributed by atoms with Crippen molar-refractivity contribution < 1.29 is 9.90 Å². The van der Waals surface area contributed by atoms with Crippen molar-refractivity contribution in [2.45, 2.75) is 64.2 Å². The Balaban J connectivity index is 1.96. The molecule has 1 aromatic rings. The Morgan fingerprint density at radius 2 is 1.95 bits per heavy atom. The Labute approximate surface area is 127 Å². The van der Waals surface area contributed by atoms with Crippen molar-refractivity contribution in [3.05, 3.63) is 29.3 Å². The van der Waals surface area contributed by atoms with Crippen LogP contribution in [0.4, 0.5) is 0 Å². The summed E-state index contributed by atoms with van der Waals surface area (Å²) in [5, 5.41) is 9.81. The third kappa shape index (κ3) is 2.49. The number of hydrogen-bond donors (Lipinski definition) is 1. The summed E-state index contributed by atoms with van der Waals surface area (Å²) in [4.78, 5) is 11.9. The predicted molar refractivity (Wildman–Crippen MR) is 84.5 cm³/mol. The number of carbonyl (C=O) groups excluding carboxylic acids is 1. The average Bonchev–Trinajstić information content (AvgIpc) is 2.95. The van der Waals surface area contributed by atoms with Gasteiger partial charge in [-0.1, -0.05) is 31.9 Å². The SMILES string of the molecule is Cc1cc(C2(C3CCC(=O)C(C)C3)CCCC2)ccc1O. The van der Waals surface area contributed by atoms with Crippen LogP contribution in [0.3, 0.4) is 0 Å². The second-order valence-corrected chi connectivity index (χ2v) is 7.20. The maximum absolute atomic E-state index is 11.9. The minimum atomic E-state index is 0.222. The monoisotopic (exact) mass is 286 g/mol. The fraction of sp³-hybridized carbons (Fsp3) is 0.632. The van der Waals surface area contributed by atoms with Crippen LogP contribution >= 0.6 is 0 Å². The van der Waals surface area contributed by atoms with Crippen LogP contribution in [0.1, 0.15) is 63.0 Å². The number of benzene rings is 1. The van der Waals surface area contributed by atoms with E-state index in [4.69, 9.17) is 0 Å². The van der Waals surface area contributed by atoms with Gasteiger partial charge in [0.25, 0.3) is 0 Å². The lowest BCUT2D eigenvalue weighted by Gasteiger charge is -2.42. The highest BCUT2D eigenvalue weighted by Crippen LogP contribution is 2.52. The van der Waals surface area contributed by atoms with Gasteiger partial charge in [0.05, 0.1) is 0 Å². The number of rotatable bonds is 2. The standard InChI is InChI=1S/C19H26O2/c1-13-11-15(5-7-17(13)20)19(9-3-4-10-19)16-6-8-18(21)14(2)12-16/h5,7,11,14,16,20H,3-4,6,8-10,12H2,1-2H3. The average molecular weight is 286 g/mol. The lowest BCUT2D eigenvalue weighted by atomic mass is 9.62. The largest absolute Gasteiger partial charge is 0.508 e. The van der Waals surface area contributed by atoms with Gasteiger partial charge in [-0.3, -0.25) is 4.79 Å². The molecule has 0 radical (unpaired) electrons. The zero-order valence-electron chi connectivity index (χ0n) is 13.2. The van der Waals surface area contributed by atoms with Crippen LogP contribution in [-0.4, -0.2) is 10.9 Å². The first-order valence-electron chi connectivity index (χ1n) is 8.36. The maximum atomic E-state index is 11.9. The Kier molecular flexibility index (Phi) is 3.81. The van der Waals surface area contributed by atoms with Gasteiger partial charge in [0.1, 0.15) is 11.5 Å². The molecule has 2 heteroatoms. The molecule has 0 aromatic heterocycles. The zero-order valence-corrected chi connectivity index (χ0v) is 13.2. The highest BCUT2D eigenvalue weighted by molar-refractivity contribution is 5.81. The molecule has 3 rings (SSSR count). The highest BCUT2D eigenvalue weighted by atomic mass is 16.3. The molecule has 0 amide bonds. The summed E-state index contributed by atoms with van der Waals surface area (Å²) in [5.41, 5.74) is 2.61. The van der Waals surface area contributed by atoms with Gasteiger partial charge < -0.3 is 5.11 Å². The molecule has 114 valence electrons. The number of phenolic OH excluding ortho intramolecular Hbond substituents is 1. The summed E-state index contributed by atoms with van der Waals surface area (Å²) in [6.45, 7) is 4.08. The maximum Gasteiger partial charge on any atom is 0.135 e. The molecular formula is C19H26O2. The van der Waals surface area contributed by atoms with Crippen LogP contribution < -0.4 is 0 Å². The van der Waals surface area contributed by atoms with Gasteiger partial charge in [-0.2, -0.15) is 0 Å². The van der Waals surface area contributed by atoms with Crippen molar-refractivity contribution in [2.75, 3.05) is 0 Å². The molecule has 0 aliphatic heterocycles. The molecule has 0 spiro atoms. The van der Waals surface area contributed by atoms with Gasteiger partial charge in [-0.05, 0) is 61.1 Å². The summed E-state index contributed by atoms with van der Waals surface area (Å²) in [5.74, 6) is 1.68. The molecule has 2 unspecified atom stereocenters. The van der Waals surface area contributed by atoms with E-state index in [0.717, 1.165) is 24.8 Å². The predicted octanol–water partition coefficient (Wildman–Crippen LogP) is 4.52. The van der Waals surface area contributed by atoms with E-state index >= 15 is 0 Å². The molecule has 0 bridgehead atoms. The molecule has 0 saturated heterocycles. The van der Waals surface area contributed by atoms with Crippen LogP contribution in [0.25, 0.3) is 0 Å². The molecule has 2 aliphatic carbocycles. The van der Waals surface area contributed by atoms with Crippen molar-refractivity contribution >= 4 is 5.78 Å². The fourth-order valence-electron chi connectivity index (χ4n) is 4.64. The minimum absolute atomic E-state index is 0.222. The Morgan fingerprint density at radius 1 is 1.24 bits per heavy atom. The Hall–Kier alpha value is -1.31. The van der Waals surface area contributed by atoms with Crippen LogP contribution in [0.2, 0.25) is 0 Å².